The van der Waals surface area contributed by atoms with E-state index in [1.165, 1.54) is 12.1 Å². The van der Waals surface area contributed by atoms with Crippen LogP contribution in [0.2, 0.25) is 5.02 Å². The minimum Gasteiger partial charge on any atom is -0.376 e. The first-order valence-corrected chi connectivity index (χ1v) is 6.47. The topological polar surface area (TPSA) is 41.1 Å². The van der Waals surface area contributed by atoms with Gasteiger partial charge in [-0.2, -0.15) is 0 Å². The smallest absolute Gasteiger partial charge is 0.243 e. The summed E-state index contributed by atoms with van der Waals surface area (Å²) in [7, 11) is 0. The Labute approximate surface area is 121 Å². The van der Waals surface area contributed by atoms with E-state index in [-0.39, 0.29) is 17.5 Å². The number of rotatable bonds is 4. The summed E-state index contributed by atoms with van der Waals surface area (Å²) in [6, 6.07) is 11.5. The van der Waals surface area contributed by atoms with Crippen molar-refractivity contribution in [2.75, 3.05) is 17.2 Å². The Bertz CT molecular complexity index is 594. The maximum atomic E-state index is 13.1. The summed E-state index contributed by atoms with van der Waals surface area (Å²) in [5, 5.41) is 5.85. The predicted octanol–water partition coefficient (Wildman–Crippen LogP) is 3.84. The Kier molecular flexibility index (Phi) is 4.58. The molecule has 104 valence electrons. The highest BCUT2D eigenvalue weighted by Gasteiger charge is 2.04. The van der Waals surface area contributed by atoms with E-state index in [4.69, 9.17) is 11.6 Å². The monoisotopic (exact) mass is 292 g/mol. The van der Waals surface area contributed by atoms with Gasteiger partial charge in [-0.1, -0.05) is 29.3 Å². The zero-order valence-corrected chi connectivity index (χ0v) is 11.7. The molecule has 0 radical (unpaired) electrons. The summed E-state index contributed by atoms with van der Waals surface area (Å²) >= 11 is 5.73. The Balaban J connectivity index is 1.90. The second-order valence-electron chi connectivity index (χ2n) is 4.43. The number of hydrogen-bond donors (Lipinski definition) is 2. The van der Waals surface area contributed by atoms with Crippen molar-refractivity contribution in [2.24, 2.45) is 0 Å². The summed E-state index contributed by atoms with van der Waals surface area (Å²) in [5.41, 5.74) is 2.31. The van der Waals surface area contributed by atoms with Crippen LogP contribution in [0.3, 0.4) is 0 Å². The average Bonchev–Trinajstić information content (AvgIpc) is 2.38. The number of hydrogen-bond acceptors (Lipinski definition) is 2. The summed E-state index contributed by atoms with van der Waals surface area (Å²) in [6.07, 6.45) is 0. The number of halogens is 2. The van der Waals surface area contributed by atoms with Crippen LogP contribution in [0.25, 0.3) is 0 Å². The summed E-state index contributed by atoms with van der Waals surface area (Å²) < 4.78 is 13.1. The fraction of sp³-hybridized carbons (Fsp3) is 0.133. The molecule has 2 aromatic rings. The zero-order chi connectivity index (χ0) is 14.5. The van der Waals surface area contributed by atoms with Gasteiger partial charge in [-0.3, -0.25) is 4.79 Å². The maximum Gasteiger partial charge on any atom is 0.243 e. The standard InChI is InChI=1S/C15H14ClFN2O/c1-10-2-4-13(5-3-10)19-15(20)9-18-14-7-11(16)6-12(17)8-14/h2-8,18H,9H2,1H3,(H,19,20). The van der Waals surface area contributed by atoms with Crippen LogP contribution in [0.5, 0.6) is 0 Å². The molecule has 20 heavy (non-hydrogen) atoms. The van der Waals surface area contributed by atoms with Crippen LogP contribution in [-0.2, 0) is 4.79 Å². The van der Waals surface area contributed by atoms with Gasteiger partial charge in [0.1, 0.15) is 5.82 Å². The lowest BCUT2D eigenvalue weighted by Gasteiger charge is -2.08. The summed E-state index contributed by atoms with van der Waals surface area (Å²) in [4.78, 5) is 11.7. The largest absolute Gasteiger partial charge is 0.376 e. The van der Waals surface area contributed by atoms with Gasteiger partial charge < -0.3 is 10.6 Å². The number of aryl methyl sites for hydroxylation is 1. The molecule has 0 saturated carbocycles. The fourth-order valence-electron chi connectivity index (χ4n) is 1.68. The highest BCUT2D eigenvalue weighted by Crippen LogP contribution is 2.17. The predicted molar refractivity (Wildman–Crippen MR) is 79.7 cm³/mol. The lowest BCUT2D eigenvalue weighted by Crippen LogP contribution is -2.21. The van der Waals surface area contributed by atoms with Gasteiger partial charge in [0.25, 0.3) is 0 Å². The molecule has 0 aromatic heterocycles. The number of anilines is 2. The van der Waals surface area contributed by atoms with Crippen LogP contribution in [-0.4, -0.2) is 12.5 Å². The molecule has 2 rings (SSSR count). The van der Waals surface area contributed by atoms with Gasteiger partial charge in [0, 0.05) is 16.4 Å². The molecule has 0 aliphatic carbocycles. The number of nitrogens with one attached hydrogen (secondary N) is 2. The van der Waals surface area contributed by atoms with E-state index in [2.05, 4.69) is 10.6 Å². The normalized spacial score (nSPS) is 10.2. The molecule has 2 aromatic carbocycles. The van der Waals surface area contributed by atoms with E-state index >= 15 is 0 Å². The number of carbonyl (C=O) groups is 1. The van der Waals surface area contributed by atoms with Crippen LogP contribution in [0.1, 0.15) is 5.56 Å². The quantitative estimate of drug-likeness (QED) is 0.899. The van der Waals surface area contributed by atoms with E-state index in [0.717, 1.165) is 11.3 Å². The third kappa shape index (κ3) is 4.24. The van der Waals surface area contributed by atoms with E-state index in [9.17, 15) is 9.18 Å². The molecule has 0 bridgehead atoms. The minimum absolute atomic E-state index is 0.0354. The molecule has 0 saturated heterocycles. The van der Waals surface area contributed by atoms with Crippen molar-refractivity contribution >= 4 is 28.9 Å². The minimum atomic E-state index is -0.445. The Hall–Kier alpha value is -2.07. The van der Waals surface area contributed by atoms with Crippen molar-refractivity contribution in [2.45, 2.75) is 6.92 Å². The molecular formula is C15H14ClFN2O. The van der Waals surface area contributed by atoms with Crippen molar-refractivity contribution in [1.29, 1.82) is 0 Å². The van der Waals surface area contributed by atoms with Crippen molar-refractivity contribution < 1.29 is 9.18 Å². The zero-order valence-electron chi connectivity index (χ0n) is 10.9. The Morgan fingerprint density at radius 1 is 1.15 bits per heavy atom. The first-order chi connectivity index (χ1) is 9.52. The van der Waals surface area contributed by atoms with Gasteiger partial charge in [-0.05, 0) is 37.3 Å². The van der Waals surface area contributed by atoms with E-state index in [0.29, 0.717) is 5.69 Å². The third-order valence-corrected chi connectivity index (χ3v) is 2.87. The van der Waals surface area contributed by atoms with Gasteiger partial charge in [0.05, 0.1) is 6.54 Å². The van der Waals surface area contributed by atoms with Crippen molar-refractivity contribution in [3.63, 3.8) is 0 Å². The Morgan fingerprint density at radius 2 is 1.85 bits per heavy atom. The summed E-state index contributed by atoms with van der Waals surface area (Å²) in [5.74, 6) is -0.659. The molecule has 0 unspecified atom stereocenters. The average molecular weight is 293 g/mol. The second kappa shape index (κ2) is 6.39. The molecular weight excluding hydrogens is 279 g/mol. The van der Waals surface area contributed by atoms with Gasteiger partial charge >= 0.3 is 0 Å². The SMILES string of the molecule is Cc1ccc(NC(=O)CNc2cc(F)cc(Cl)c2)cc1. The van der Waals surface area contributed by atoms with Crippen LogP contribution < -0.4 is 10.6 Å². The molecule has 3 nitrogen and oxygen atoms in total. The van der Waals surface area contributed by atoms with E-state index in [1.807, 2.05) is 31.2 Å². The highest BCUT2D eigenvalue weighted by atomic mass is 35.5. The molecule has 0 heterocycles. The highest BCUT2D eigenvalue weighted by molar-refractivity contribution is 6.30. The second-order valence-corrected chi connectivity index (χ2v) is 4.86. The van der Waals surface area contributed by atoms with Crippen molar-refractivity contribution in [3.8, 4) is 0 Å². The number of amides is 1. The number of carbonyl (C=O) groups excluding carboxylic acids is 1. The van der Waals surface area contributed by atoms with Gasteiger partial charge in [-0.25, -0.2) is 4.39 Å². The molecule has 0 spiro atoms. The van der Waals surface area contributed by atoms with Crippen LogP contribution in [0.4, 0.5) is 15.8 Å². The molecule has 0 aliphatic rings. The van der Waals surface area contributed by atoms with Crippen molar-refractivity contribution in [1.82, 2.24) is 0 Å². The third-order valence-electron chi connectivity index (χ3n) is 2.65. The van der Waals surface area contributed by atoms with Gasteiger partial charge in [0.15, 0.2) is 0 Å². The first kappa shape index (κ1) is 14.3. The van der Waals surface area contributed by atoms with Crippen LogP contribution in [0.15, 0.2) is 42.5 Å². The molecule has 0 atom stereocenters. The van der Waals surface area contributed by atoms with E-state index < -0.39 is 5.82 Å². The summed E-state index contributed by atoms with van der Waals surface area (Å²) in [6.45, 7) is 2.01. The lowest BCUT2D eigenvalue weighted by atomic mass is 10.2. The lowest BCUT2D eigenvalue weighted by molar-refractivity contribution is -0.114. The van der Waals surface area contributed by atoms with Crippen LogP contribution in [0, 0.1) is 12.7 Å². The molecule has 5 heteroatoms. The van der Waals surface area contributed by atoms with E-state index in [1.54, 1.807) is 6.07 Å². The molecule has 0 fully saturated rings. The van der Waals surface area contributed by atoms with Gasteiger partial charge in [-0.15, -0.1) is 0 Å². The number of benzene rings is 2. The Morgan fingerprint density at radius 3 is 2.50 bits per heavy atom. The van der Waals surface area contributed by atoms with Crippen LogP contribution >= 0.6 is 11.6 Å². The maximum absolute atomic E-state index is 13.1. The molecule has 1 amide bonds. The first-order valence-electron chi connectivity index (χ1n) is 6.09. The molecule has 2 N–H and O–H groups in total. The van der Waals surface area contributed by atoms with Gasteiger partial charge in [0.2, 0.25) is 5.91 Å². The molecule has 0 aliphatic heterocycles. The fourth-order valence-corrected chi connectivity index (χ4v) is 1.90. The van der Waals surface area contributed by atoms with Crippen molar-refractivity contribution in [3.05, 3.63) is 58.9 Å².